The average molecular weight is 455 g/mol. The molecular formula is C25H38N6O2. The fourth-order valence-electron chi connectivity index (χ4n) is 6.93. The van der Waals surface area contributed by atoms with E-state index in [0.29, 0.717) is 24.2 Å². The second kappa shape index (κ2) is 9.02. The van der Waals surface area contributed by atoms with Gasteiger partial charge >= 0.3 is 0 Å². The van der Waals surface area contributed by atoms with Crippen LogP contribution in [0.3, 0.4) is 0 Å². The lowest BCUT2D eigenvalue weighted by Gasteiger charge is -2.38. The van der Waals surface area contributed by atoms with E-state index in [1.165, 1.54) is 25.7 Å². The van der Waals surface area contributed by atoms with Crippen LogP contribution in [0.25, 0.3) is 0 Å². The Labute approximate surface area is 196 Å². The van der Waals surface area contributed by atoms with Crippen LogP contribution in [0.1, 0.15) is 76.2 Å². The van der Waals surface area contributed by atoms with Crippen molar-refractivity contribution in [3.63, 3.8) is 0 Å². The van der Waals surface area contributed by atoms with E-state index < -0.39 is 5.54 Å². The highest BCUT2D eigenvalue weighted by Gasteiger charge is 2.55. The molecule has 4 heterocycles. The number of nitrogens with zero attached hydrogens (tertiary/aromatic N) is 3. The summed E-state index contributed by atoms with van der Waals surface area (Å²) in [7, 11) is 0. The van der Waals surface area contributed by atoms with Crippen molar-refractivity contribution in [1.82, 2.24) is 20.6 Å². The summed E-state index contributed by atoms with van der Waals surface area (Å²) >= 11 is 0. The van der Waals surface area contributed by atoms with Crippen molar-refractivity contribution in [2.24, 2.45) is 0 Å². The lowest BCUT2D eigenvalue weighted by molar-refractivity contribution is -0.123. The van der Waals surface area contributed by atoms with Gasteiger partial charge in [-0.1, -0.05) is 12.8 Å². The molecule has 1 aromatic rings. The molecule has 1 aromatic heterocycles. The molecule has 0 aromatic carbocycles. The quantitative estimate of drug-likeness (QED) is 0.630. The lowest BCUT2D eigenvalue weighted by Crippen LogP contribution is -2.56. The Morgan fingerprint density at radius 2 is 1.73 bits per heavy atom. The zero-order chi connectivity index (χ0) is 22.3. The van der Waals surface area contributed by atoms with E-state index in [2.05, 4.69) is 25.8 Å². The molecule has 1 atom stereocenters. The van der Waals surface area contributed by atoms with Crippen molar-refractivity contribution in [2.75, 3.05) is 30.0 Å². The maximum absolute atomic E-state index is 13.0. The van der Waals surface area contributed by atoms with Gasteiger partial charge in [-0.2, -0.15) is 4.98 Å². The van der Waals surface area contributed by atoms with Crippen LogP contribution in [0.5, 0.6) is 0 Å². The number of aromatic nitrogens is 2. The summed E-state index contributed by atoms with van der Waals surface area (Å²) in [4.78, 5) is 25.1. The molecule has 180 valence electrons. The van der Waals surface area contributed by atoms with Gasteiger partial charge in [-0.15, -0.1) is 0 Å². The SMILES string of the molecule is O=C1NCCC12Cc1cnc(NC3CCC(NC4CCOCC4)CC3)nc1N2C1CCCC1. The number of amides is 1. The van der Waals surface area contributed by atoms with Crippen LogP contribution in [0.2, 0.25) is 0 Å². The number of fused-ring (bicyclic) bond motifs is 1. The molecule has 2 saturated carbocycles. The molecule has 4 fully saturated rings. The minimum Gasteiger partial charge on any atom is -0.381 e. The molecule has 1 amide bonds. The van der Waals surface area contributed by atoms with Gasteiger partial charge in [-0.05, 0) is 57.8 Å². The van der Waals surface area contributed by atoms with Crippen LogP contribution in [0.4, 0.5) is 11.8 Å². The molecule has 6 rings (SSSR count). The van der Waals surface area contributed by atoms with Crippen molar-refractivity contribution < 1.29 is 9.53 Å². The standard InChI is InChI=1S/C25H38N6O2/c32-23-25(11-12-26-23)15-17-16-27-24(30-22(17)31(25)21-3-1-2-4-21)29-19-7-5-18(6-8-19)28-20-9-13-33-14-10-20/h16,18-21,28H,1-15H2,(H,26,32)(H,27,29,30). The smallest absolute Gasteiger partial charge is 0.246 e. The zero-order valence-corrected chi connectivity index (χ0v) is 19.7. The maximum Gasteiger partial charge on any atom is 0.246 e. The number of hydrogen-bond donors (Lipinski definition) is 3. The number of hydrogen-bond acceptors (Lipinski definition) is 7. The van der Waals surface area contributed by atoms with Crippen LogP contribution in [-0.4, -0.2) is 65.3 Å². The van der Waals surface area contributed by atoms with Gasteiger partial charge in [0, 0.05) is 62.1 Å². The second-order valence-electron chi connectivity index (χ2n) is 10.8. The Morgan fingerprint density at radius 3 is 2.45 bits per heavy atom. The molecule has 0 bridgehead atoms. The largest absolute Gasteiger partial charge is 0.381 e. The van der Waals surface area contributed by atoms with E-state index in [9.17, 15) is 4.79 Å². The molecule has 33 heavy (non-hydrogen) atoms. The molecule has 1 unspecified atom stereocenters. The molecule has 8 nitrogen and oxygen atoms in total. The van der Waals surface area contributed by atoms with Crippen LogP contribution >= 0.6 is 0 Å². The Morgan fingerprint density at radius 1 is 1.00 bits per heavy atom. The Balaban J connectivity index is 1.13. The van der Waals surface area contributed by atoms with Crippen LogP contribution in [0.15, 0.2) is 6.20 Å². The number of ether oxygens (including phenoxy) is 1. The first kappa shape index (κ1) is 21.6. The molecular weight excluding hydrogens is 416 g/mol. The van der Waals surface area contributed by atoms with E-state index in [1.807, 2.05) is 6.20 Å². The molecule has 1 spiro atoms. The van der Waals surface area contributed by atoms with Crippen molar-refractivity contribution in [3.05, 3.63) is 11.8 Å². The lowest BCUT2D eigenvalue weighted by atomic mass is 9.90. The number of carbonyl (C=O) groups is 1. The Hall–Kier alpha value is -1.93. The monoisotopic (exact) mass is 454 g/mol. The van der Waals surface area contributed by atoms with Gasteiger partial charge in [0.2, 0.25) is 11.9 Å². The normalized spacial score (nSPS) is 33.0. The van der Waals surface area contributed by atoms with Gasteiger partial charge in [-0.3, -0.25) is 4.79 Å². The van der Waals surface area contributed by atoms with Gasteiger partial charge < -0.3 is 25.6 Å². The van der Waals surface area contributed by atoms with Gasteiger partial charge in [-0.25, -0.2) is 4.98 Å². The number of anilines is 2. The number of carbonyl (C=O) groups excluding carboxylic acids is 1. The summed E-state index contributed by atoms with van der Waals surface area (Å²) in [6, 6.07) is 2.08. The molecule has 8 heteroatoms. The first-order chi connectivity index (χ1) is 16.2. The summed E-state index contributed by atoms with van der Waals surface area (Å²) < 4.78 is 5.49. The van der Waals surface area contributed by atoms with Gasteiger partial charge in [0.1, 0.15) is 11.4 Å². The minimum atomic E-state index is -0.446. The van der Waals surface area contributed by atoms with Crippen molar-refractivity contribution in [2.45, 2.75) is 107 Å². The molecule has 2 aliphatic carbocycles. The van der Waals surface area contributed by atoms with Gasteiger partial charge in [0.05, 0.1) is 0 Å². The van der Waals surface area contributed by atoms with E-state index in [1.54, 1.807) is 0 Å². The summed E-state index contributed by atoms with van der Waals surface area (Å²) in [5.41, 5.74) is 0.687. The first-order valence-corrected chi connectivity index (χ1v) is 13.3. The van der Waals surface area contributed by atoms with Crippen LogP contribution in [0, 0.1) is 0 Å². The molecule has 3 aliphatic heterocycles. The highest BCUT2D eigenvalue weighted by Crippen LogP contribution is 2.46. The van der Waals surface area contributed by atoms with Crippen molar-refractivity contribution >= 4 is 17.7 Å². The van der Waals surface area contributed by atoms with E-state index in [-0.39, 0.29) is 5.91 Å². The average Bonchev–Trinajstić information content (AvgIpc) is 3.56. The maximum atomic E-state index is 13.0. The molecule has 5 aliphatic rings. The van der Waals surface area contributed by atoms with Crippen LogP contribution < -0.4 is 20.9 Å². The third-order valence-corrected chi connectivity index (χ3v) is 8.70. The number of rotatable bonds is 5. The van der Waals surface area contributed by atoms with Gasteiger partial charge in [0.15, 0.2) is 0 Å². The molecule has 3 N–H and O–H groups in total. The van der Waals surface area contributed by atoms with E-state index in [4.69, 9.17) is 9.72 Å². The summed E-state index contributed by atoms with van der Waals surface area (Å²) in [5, 5.41) is 10.6. The Bertz CT molecular complexity index is 860. The van der Waals surface area contributed by atoms with E-state index in [0.717, 1.165) is 88.5 Å². The van der Waals surface area contributed by atoms with Crippen LogP contribution in [-0.2, 0) is 16.0 Å². The second-order valence-corrected chi connectivity index (χ2v) is 10.8. The zero-order valence-electron chi connectivity index (χ0n) is 19.7. The highest BCUT2D eigenvalue weighted by atomic mass is 16.5. The topological polar surface area (TPSA) is 91.4 Å². The molecule has 0 radical (unpaired) electrons. The fourth-order valence-corrected chi connectivity index (χ4v) is 6.93. The van der Waals surface area contributed by atoms with Crippen molar-refractivity contribution in [1.29, 1.82) is 0 Å². The Kier molecular flexibility index (Phi) is 5.90. The minimum absolute atomic E-state index is 0.178. The van der Waals surface area contributed by atoms with E-state index >= 15 is 0 Å². The predicted molar refractivity (Wildman–Crippen MR) is 127 cm³/mol. The first-order valence-electron chi connectivity index (χ1n) is 13.3. The fraction of sp³-hybridized carbons (Fsp3) is 0.800. The summed E-state index contributed by atoms with van der Waals surface area (Å²) in [5.74, 6) is 1.91. The number of nitrogens with one attached hydrogen (secondary N) is 3. The summed E-state index contributed by atoms with van der Waals surface area (Å²) in [6.07, 6.45) is 15.3. The third kappa shape index (κ3) is 4.09. The van der Waals surface area contributed by atoms with Crippen molar-refractivity contribution in [3.8, 4) is 0 Å². The summed E-state index contributed by atoms with van der Waals surface area (Å²) in [6.45, 7) is 2.55. The predicted octanol–water partition coefficient (Wildman–Crippen LogP) is 2.53. The van der Waals surface area contributed by atoms with Gasteiger partial charge in [0.25, 0.3) is 0 Å². The molecule has 2 saturated heterocycles. The third-order valence-electron chi connectivity index (χ3n) is 8.70. The highest BCUT2D eigenvalue weighted by molar-refractivity contribution is 5.94.